The van der Waals surface area contributed by atoms with Crippen molar-refractivity contribution >= 4 is 16.9 Å². The van der Waals surface area contributed by atoms with E-state index in [4.69, 9.17) is 9.47 Å². The number of benzene rings is 1. The van der Waals surface area contributed by atoms with Gasteiger partial charge in [0.25, 0.3) is 0 Å². The van der Waals surface area contributed by atoms with Crippen LogP contribution in [0, 0.1) is 24.7 Å². The Balaban J connectivity index is 1.28. The number of piperidine rings is 2. The van der Waals surface area contributed by atoms with Gasteiger partial charge in [-0.15, -0.1) is 0 Å². The zero-order chi connectivity index (χ0) is 21.4. The molecule has 5 aliphatic rings. The Morgan fingerprint density at radius 1 is 1.16 bits per heavy atom. The normalized spacial score (nSPS) is 35.8. The fraction of sp³-hybridized carbons (Fsp3) is 0.667. The second-order valence-electron chi connectivity index (χ2n) is 11.1. The maximum absolute atomic E-state index is 13.5. The van der Waals surface area contributed by atoms with Crippen molar-refractivity contribution < 1.29 is 14.3 Å². The van der Waals surface area contributed by atoms with Crippen LogP contribution in [0.15, 0.2) is 12.1 Å². The van der Waals surface area contributed by atoms with Crippen molar-refractivity contribution in [2.24, 2.45) is 17.8 Å². The number of aryl methyl sites for hydroxylation is 1. The molecule has 32 heavy (non-hydrogen) atoms. The molecule has 3 aliphatic heterocycles. The van der Waals surface area contributed by atoms with Gasteiger partial charge >= 0.3 is 5.97 Å². The highest BCUT2D eigenvalue weighted by atomic mass is 16.5. The van der Waals surface area contributed by atoms with Gasteiger partial charge in [-0.25, -0.2) is 4.79 Å². The summed E-state index contributed by atoms with van der Waals surface area (Å²) in [4.78, 5) is 19.6. The molecule has 1 aromatic carbocycles. The van der Waals surface area contributed by atoms with E-state index in [0.29, 0.717) is 11.8 Å². The number of H-pyrrole nitrogens is 1. The maximum Gasteiger partial charge on any atom is 0.340 e. The number of rotatable bonds is 2. The van der Waals surface area contributed by atoms with Crippen LogP contribution in [-0.2, 0) is 11.2 Å². The molecule has 7 rings (SSSR count). The van der Waals surface area contributed by atoms with E-state index in [1.54, 1.807) is 0 Å². The van der Waals surface area contributed by atoms with Gasteiger partial charge in [0.05, 0.1) is 5.56 Å². The first-order valence-corrected chi connectivity index (χ1v) is 12.9. The molecule has 5 heteroatoms. The second kappa shape index (κ2) is 6.99. The van der Waals surface area contributed by atoms with Crippen molar-refractivity contribution in [1.82, 2.24) is 9.88 Å². The van der Waals surface area contributed by atoms with Gasteiger partial charge in [0.2, 0.25) is 0 Å². The third-order valence-electron chi connectivity index (χ3n) is 9.46. The van der Waals surface area contributed by atoms with E-state index < -0.39 is 0 Å². The van der Waals surface area contributed by atoms with Crippen LogP contribution < -0.4 is 4.74 Å². The van der Waals surface area contributed by atoms with Crippen LogP contribution in [0.1, 0.15) is 79.4 Å². The minimum Gasteiger partial charge on any atom is -0.472 e. The Hall–Kier alpha value is -2.01. The quantitative estimate of drug-likeness (QED) is 0.648. The third-order valence-corrected chi connectivity index (χ3v) is 9.46. The molecule has 0 radical (unpaired) electrons. The van der Waals surface area contributed by atoms with Crippen LogP contribution in [0.2, 0.25) is 0 Å². The van der Waals surface area contributed by atoms with Gasteiger partial charge in [-0.05, 0) is 88.7 Å². The van der Waals surface area contributed by atoms with Crippen LogP contribution in [0.25, 0.3) is 10.9 Å². The summed E-state index contributed by atoms with van der Waals surface area (Å²) in [5, 5.41) is 1.05. The highest BCUT2D eigenvalue weighted by molar-refractivity contribution is 6.07. The molecular weight excluding hydrogens is 400 g/mol. The SMILES string of the molecule is Cc1[nH]c2ccc3c(c2c1C(=O)OC1CC2CCC1C2)CC1CCCN2CCCCC12O3. The highest BCUT2D eigenvalue weighted by Crippen LogP contribution is 2.50. The molecule has 2 bridgehead atoms. The molecule has 1 spiro atoms. The molecule has 5 atom stereocenters. The van der Waals surface area contributed by atoms with E-state index in [-0.39, 0.29) is 17.8 Å². The molecule has 170 valence electrons. The average Bonchev–Trinajstić information content (AvgIpc) is 3.50. The van der Waals surface area contributed by atoms with Gasteiger partial charge in [0.15, 0.2) is 5.72 Å². The molecule has 2 aliphatic carbocycles. The van der Waals surface area contributed by atoms with Gasteiger partial charge in [0.1, 0.15) is 11.9 Å². The first kappa shape index (κ1) is 19.5. The van der Waals surface area contributed by atoms with E-state index in [2.05, 4.69) is 22.0 Å². The zero-order valence-corrected chi connectivity index (χ0v) is 19.1. The number of carbonyl (C=O) groups is 1. The minimum atomic E-state index is -0.136. The number of nitrogens with one attached hydrogen (secondary N) is 1. The van der Waals surface area contributed by atoms with Crippen LogP contribution >= 0.6 is 0 Å². The van der Waals surface area contributed by atoms with E-state index in [1.807, 2.05) is 6.92 Å². The van der Waals surface area contributed by atoms with Gasteiger partial charge in [0, 0.05) is 47.6 Å². The number of aromatic nitrogens is 1. The monoisotopic (exact) mass is 434 g/mol. The molecule has 2 saturated heterocycles. The summed E-state index contributed by atoms with van der Waals surface area (Å²) in [5.74, 6) is 2.69. The van der Waals surface area contributed by atoms with E-state index in [1.165, 1.54) is 50.5 Å². The predicted octanol–water partition coefficient (Wildman–Crippen LogP) is 5.35. The fourth-order valence-corrected chi connectivity index (χ4v) is 7.99. The van der Waals surface area contributed by atoms with Crippen molar-refractivity contribution in [2.75, 3.05) is 13.1 Å². The first-order chi connectivity index (χ1) is 15.6. The van der Waals surface area contributed by atoms with Crippen LogP contribution in [0.5, 0.6) is 5.75 Å². The molecule has 1 aromatic heterocycles. The van der Waals surface area contributed by atoms with Crippen LogP contribution in [-0.4, -0.2) is 40.8 Å². The van der Waals surface area contributed by atoms with E-state index in [9.17, 15) is 4.79 Å². The maximum atomic E-state index is 13.5. The Kier molecular flexibility index (Phi) is 4.25. The largest absolute Gasteiger partial charge is 0.472 e. The van der Waals surface area contributed by atoms with Gasteiger partial charge < -0.3 is 14.5 Å². The molecule has 5 nitrogen and oxygen atoms in total. The number of fused-ring (bicyclic) bond motifs is 5. The van der Waals surface area contributed by atoms with Gasteiger partial charge in [-0.3, -0.25) is 4.90 Å². The van der Waals surface area contributed by atoms with E-state index in [0.717, 1.165) is 66.2 Å². The van der Waals surface area contributed by atoms with Gasteiger partial charge in [-0.1, -0.05) is 0 Å². The lowest BCUT2D eigenvalue weighted by Crippen LogP contribution is -2.64. The summed E-state index contributed by atoms with van der Waals surface area (Å²) in [6.45, 7) is 4.31. The Morgan fingerprint density at radius 2 is 2.06 bits per heavy atom. The minimum absolute atomic E-state index is 0.110. The molecule has 1 N–H and O–H groups in total. The third kappa shape index (κ3) is 2.69. The Morgan fingerprint density at radius 3 is 2.91 bits per heavy atom. The average molecular weight is 435 g/mol. The Bertz CT molecular complexity index is 1090. The van der Waals surface area contributed by atoms with Crippen molar-refractivity contribution in [3.63, 3.8) is 0 Å². The number of ether oxygens (including phenoxy) is 2. The van der Waals surface area contributed by atoms with Crippen molar-refractivity contribution in [3.05, 3.63) is 29.0 Å². The predicted molar refractivity (Wildman–Crippen MR) is 123 cm³/mol. The topological polar surface area (TPSA) is 54.6 Å². The van der Waals surface area contributed by atoms with Crippen molar-refractivity contribution in [3.8, 4) is 5.75 Å². The number of nitrogens with zero attached hydrogens (tertiary/aromatic N) is 1. The molecule has 0 amide bonds. The first-order valence-electron chi connectivity index (χ1n) is 12.9. The summed E-state index contributed by atoms with van der Waals surface area (Å²) in [6.07, 6.45) is 12.0. The Labute approximate surface area is 189 Å². The number of hydrogen-bond acceptors (Lipinski definition) is 4. The summed E-state index contributed by atoms with van der Waals surface area (Å²) < 4.78 is 13.1. The number of carbonyl (C=O) groups excluding carboxylic acids is 1. The van der Waals surface area contributed by atoms with Gasteiger partial charge in [-0.2, -0.15) is 0 Å². The lowest BCUT2D eigenvalue weighted by Gasteiger charge is -2.56. The highest BCUT2D eigenvalue weighted by Gasteiger charge is 2.52. The van der Waals surface area contributed by atoms with Crippen molar-refractivity contribution in [1.29, 1.82) is 0 Å². The smallest absolute Gasteiger partial charge is 0.340 e. The number of aromatic amines is 1. The molecular formula is C27H34N2O3. The summed E-state index contributed by atoms with van der Waals surface area (Å²) in [6, 6.07) is 4.23. The lowest BCUT2D eigenvalue weighted by atomic mass is 9.74. The lowest BCUT2D eigenvalue weighted by molar-refractivity contribution is -0.177. The standard InChI is InChI=1S/C27H34N2O3/c1-16-24(26(30)31-23-14-17-6-7-18(23)13-17)25-20-15-19-5-4-12-29-11-3-2-10-27(19,29)32-22(20)9-8-21(25)28-16/h8-9,17-19,23,28H,2-7,10-15H2,1H3. The molecule has 5 unspecified atom stereocenters. The zero-order valence-electron chi connectivity index (χ0n) is 19.1. The molecule has 4 heterocycles. The number of esters is 1. The van der Waals surface area contributed by atoms with Crippen LogP contribution in [0.3, 0.4) is 0 Å². The molecule has 2 aromatic rings. The second-order valence-corrected chi connectivity index (χ2v) is 11.1. The van der Waals surface area contributed by atoms with Crippen molar-refractivity contribution in [2.45, 2.75) is 83.0 Å². The fourth-order valence-electron chi connectivity index (χ4n) is 7.99. The summed E-state index contributed by atoms with van der Waals surface area (Å²) in [5.41, 5.74) is 3.79. The summed E-state index contributed by atoms with van der Waals surface area (Å²) in [7, 11) is 0. The van der Waals surface area contributed by atoms with Crippen LogP contribution in [0.4, 0.5) is 0 Å². The summed E-state index contributed by atoms with van der Waals surface area (Å²) >= 11 is 0. The molecule has 4 fully saturated rings. The number of hydrogen-bond donors (Lipinski definition) is 1. The van der Waals surface area contributed by atoms with E-state index >= 15 is 0 Å². The molecule has 2 saturated carbocycles.